The standard InChI is InChI=1S/C21H29N5O3/c1-4-12-22-18(27)15-25-16-26(17-8-6-5-7-9-17)21(19(25)28)10-13-24(14-11-21)20(29)23(2)3/h4-9H,1,10-16H2,2-3H3,(H,22,27). The molecule has 2 aliphatic rings. The molecule has 2 fully saturated rings. The molecule has 8 nitrogen and oxygen atoms in total. The summed E-state index contributed by atoms with van der Waals surface area (Å²) in [6.45, 7) is 5.34. The quantitative estimate of drug-likeness (QED) is 0.753. The molecule has 0 atom stereocenters. The maximum absolute atomic E-state index is 13.5. The molecule has 0 unspecified atom stereocenters. The van der Waals surface area contributed by atoms with E-state index in [1.807, 2.05) is 30.3 Å². The van der Waals surface area contributed by atoms with Crippen LogP contribution in [0.5, 0.6) is 0 Å². The molecule has 0 radical (unpaired) electrons. The first-order chi connectivity index (χ1) is 13.9. The van der Waals surface area contributed by atoms with Gasteiger partial charge in [0.2, 0.25) is 5.91 Å². The summed E-state index contributed by atoms with van der Waals surface area (Å²) in [6.07, 6.45) is 2.68. The Morgan fingerprint density at radius 2 is 1.86 bits per heavy atom. The second kappa shape index (κ2) is 8.55. The first kappa shape index (κ1) is 20.7. The second-order valence-electron chi connectivity index (χ2n) is 7.70. The van der Waals surface area contributed by atoms with Crippen molar-refractivity contribution in [3.8, 4) is 0 Å². The van der Waals surface area contributed by atoms with Crippen LogP contribution in [0.3, 0.4) is 0 Å². The molecule has 3 rings (SSSR count). The van der Waals surface area contributed by atoms with Gasteiger partial charge < -0.3 is 24.9 Å². The van der Waals surface area contributed by atoms with Gasteiger partial charge in [-0.3, -0.25) is 9.59 Å². The van der Waals surface area contributed by atoms with Crippen molar-refractivity contribution in [1.82, 2.24) is 20.0 Å². The predicted molar refractivity (Wildman–Crippen MR) is 111 cm³/mol. The number of carbonyl (C=O) groups is 3. The molecule has 0 bridgehead atoms. The number of likely N-dealkylation sites (tertiary alicyclic amines) is 1. The van der Waals surface area contributed by atoms with Crippen molar-refractivity contribution in [3.63, 3.8) is 0 Å². The number of benzene rings is 1. The number of urea groups is 1. The molecule has 156 valence electrons. The third kappa shape index (κ3) is 4.06. The van der Waals surface area contributed by atoms with Crippen molar-refractivity contribution in [2.45, 2.75) is 18.4 Å². The highest BCUT2D eigenvalue weighted by molar-refractivity contribution is 5.96. The van der Waals surface area contributed by atoms with Crippen LogP contribution in [-0.4, -0.2) is 85.0 Å². The van der Waals surface area contributed by atoms with Gasteiger partial charge in [0.25, 0.3) is 5.91 Å². The van der Waals surface area contributed by atoms with E-state index in [2.05, 4.69) is 16.8 Å². The summed E-state index contributed by atoms with van der Waals surface area (Å²) in [5.41, 5.74) is 0.214. The summed E-state index contributed by atoms with van der Waals surface area (Å²) in [6, 6.07) is 9.74. The number of nitrogens with zero attached hydrogens (tertiary/aromatic N) is 4. The van der Waals surface area contributed by atoms with Gasteiger partial charge in [-0.15, -0.1) is 6.58 Å². The predicted octanol–water partition coefficient (Wildman–Crippen LogP) is 1.11. The fourth-order valence-electron chi connectivity index (χ4n) is 4.09. The Kier molecular flexibility index (Phi) is 6.10. The maximum atomic E-state index is 13.5. The van der Waals surface area contributed by atoms with Crippen molar-refractivity contribution < 1.29 is 14.4 Å². The van der Waals surface area contributed by atoms with Gasteiger partial charge in [-0.05, 0) is 25.0 Å². The Labute approximate surface area is 171 Å². The molecule has 1 spiro atoms. The molecule has 29 heavy (non-hydrogen) atoms. The summed E-state index contributed by atoms with van der Waals surface area (Å²) >= 11 is 0. The molecule has 2 aliphatic heterocycles. The molecule has 1 N–H and O–H groups in total. The van der Waals surface area contributed by atoms with Crippen molar-refractivity contribution in [2.24, 2.45) is 0 Å². The van der Waals surface area contributed by atoms with E-state index in [0.717, 1.165) is 5.69 Å². The van der Waals surface area contributed by atoms with Gasteiger partial charge in [-0.1, -0.05) is 24.3 Å². The zero-order valence-electron chi connectivity index (χ0n) is 17.1. The summed E-state index contributed by atoms with van der Waals surface area (Å²) < 4.78 is 0. The lowest BCUT2D eigenvalue weighted by molar-refractivity contribution is -0.137. The Balaban J connectivity index is 1.82. The molecular formula is C21H29N5O3. The Bertz CT molecular complexity index is 772. The van der Waals surface area contributed by atoms with Gasteiger partial charge in [0.05, 0.1) is 6.67 Å². The lowest BCUT2D eigenvalue weighted by atomic mass is 9.85. The van der Waals surface area contributed by atoms with E-state index in [0.29, 0.717) is 39.1 Å². The lowest BCUT2D eigenvalue weighted by Gasteiger charge is -2.43. The van der Waals surface area contributed by atoms with E-state index in [1.54, 1.807) is 34.9 Å². The number of rotatable bonds is 5. The molecular weight excluding hydrogens is 370 g/mol. The van der Waals surface area contributed by atoms with Crippen LogP contribution in [0.25, 0.3) is 0 Å². The van der Waals surface area contributed by atoms with E-state index >= 15 is 0 Å². The maximum Gasteiger partial charge on any atom is 0.319 e. The zero-order valence-corrected chi connectivity index (χ0v) is 17.1. The van der Waals surface area contributed by atoms with Crippen LogP contribution in [0.4, 0.5) is 10.5 Å². The van der Waals surface area contributed by atoms with Gasteiger partial charge in [0.15, 0.2) is 0 Å². The van der Waals surface area contributed by atoms with Crippen LogP contribution >= 0.6 is 0 Å². The minimum atomic E-state index is -0.733. The van der Waals surface area contributed by atoms with E-state index < -0.39 is 5.54 Å². The van der Waals surface area contributed by atoms with Crippen LogP contribution in [0, 0.1) is 0 Å². The Morgan fingerprint density at radius 1 is 1.21 bits per heavy atom. The van der Waals surface area contributed by atoms with Crippen LogP contribution in [0.1, 0.15) is 12.8 Å². The monoisotopic (exact) mass is 399 g/mol. The smallest absolute Gasteiger partial charge is 0.319 e. The van der Waals surface area contributed by atoms with Crippen molar-refractivity contribution in [3.05, 3.63) is 43.0 Å². The van der Waals surface area contributed by atoms with Crippen LogP contribution in [0.2, 0.25) is 0 Å². The Hall–Kier alpha value is -3.03. The average molecular weight is 399 g/mol. The van der Waals surface area contributed by atoms with Gasteiger partial charge >= 0.3 is 6.03 Å². The number of hydrogen-bond donors (Lipinski definition) is 1. The summed E-state index contributed by atoms with van der Waals surface area (Å²) in [5, 5.41) is 2.73. The van der Waals surface area contributed by atoms with Crippen LogP contribution in [0.15, 0.2) is 43.0 Å². The van der Waals surface area contributed by atoms with E-state index in [1.165, 1.54) is 0 Å². The average Bonchev–Trinajstić information content (AvgIpc) is 2.99. The fourth-order valence-corrected chi connectivity index (χ4v) is 4.09. The normalized spacial score (nSPS) is 18.1. The highest BCUT2D eigenvalue weighted by Gasteiger charge is 2.54. The fraction of sp³-hybridized carbons (Fsp3) is 0.476. The van der Waals surface area contributed by atoms with Crippen LogP contribution < -0.4 is 10.2 Å². The SMILES string of the molecule is C=CCNC(=O)CN1CN(c2ccccc2)C2(CCN(C(=O)N(C)C)CC2)C1=O. The molecule has 0 saturated carbocycles. The molecule has 1 aromatic carbocycles. The number of amides is 4. The largest absolute Gasteiger partial charge is 0.351 e. The minimum absolute atomic E-state index is 0.0120. The van der Waals surface area contributed by atoms with Crippen molar-refractivity contribution in [2.75, 3.05) is 51.8 Å². The van der Waals surface area contributed by atoms with Gasteiger partial charge in [0, 0.05) is 39.4 Å². The second-order valence-corrected chi connectivity index (χ2v) is 7.70. The molecule has 4 amide bonds. The van der Waals surface area contributed by atoms with E-state index in [-0.39, 0.29) is 24.4 Å². The first-order valence-electron chi connectivity index (χ1n) is 9.85. The molecule has 2 saturated heterocycles. The summed E-state index contributed by atoms with van der Waals surface area (Å²) in [5.74, 6) is -0.254. The molecule has 0 aliphatic carbocycles. The first-order valence-corrected chi connectivity index (χ1v) is 9.85. The number of hydrogen-bond acceptors (Lipinski definition) is 4. The van der Waals surface area contributed by atoms with Gasteiger partial charge in [-0.2, -0.15) is 0 Å². The van der Waals surface area contributed by atoms with Gasteiger partial charge in [0.1, 0.15) is 12.1 Å². The molecule has 1 aromatic rings. The van der Waals surface area contributed by atoms with Crippen molar-refractivity contribution >= 4 is 23.5 Å². The third-order valence-electron chi connectivity index (χ3n) is 5.60. The summed E-state index contributed by atoms with van der Waals surface area (Å²) in [7, 11) is 3.46. The highest BCUT2D eigenvalue weighted by Crippen LogP contribution is 2.39. The number of piperidine rings is 1. The third-order valence-corrected chi connectivity index (χ3v) is 5.60. The van der Waals surface area contributed by atoms with Crippen molar-refractivity contribution in [1.29, 1.82) is 0 Å². The highest BCUT2D eigenvalue weighted by atomic mass is 16.2. The van der Waals surface area contributed by atoms with E-state index in [4.69, 9.17) is 0 Å². The molecule has 8 heteroatoms. The Morgan fingerprint density at radius 3 is 2.45 bits per heavy atom. The number of carbonyl (C=O) groups excluding carboxylic acids is 3. The molecule has 0 aromatic heterocycles. The minimum Gasteiger partial charge on any atom is -0.351 e. The number of nitrogens with one attached hydrogen (secondary N) is 1. The van der Waals surface area contributed by atoms with Crippen LogP contribution in [-0.2, 0) is 9.59 Å². The topological polar surface area (TPSA) is 76.2 Å². The van der Waals surface area contributed by atoms with E-state index in [9.17, 15) is 14.4 Å². The van der Waals surface area contributed by atoms with Gasteiger partial charge in [-0.25, -0.2) is 4.79 Å². The number of anilines is 1. The number of para-hydroxylation sites is 1. The zero-order chi connectivity index (χ0) is 21.0. The summed E-state index contributed by atoms with van der Waals surface area (Å²) in [4.78, 5) is 45.0. The molecule has 2 heterocycles. The lowest BCUT2D eigenvalue weighted by Crippen LogP contribution is -2.58.